The number of ether oxygens (including phenoxy) is 4. The van der Waals surface area contributed by atoms with Crippen molar-refractivity contribution in [2.75, 3.05) is 39.6 Å². The van der Waals surface area contributed by atoms with E-state index in [-0.39, 0.29) is 44.2 Å². The van der Waals surface area contributed by atoms with Crippen molar-refractivity contribution in [2.45, 2.75) is 89.4 Å². The fourth-order valence-corrected chi connectivity index (χ4v) is 9.15. The molecule has 6 unspecified atom stereocenters. The lowest BCUT2D eigenvalue weighted by atomic mass is 9.55. The summed E-state index contributed by atoms with van der Waals surface area (Å²) in [4.78, 5) is 21.7. The zero-order chi connectivity index (χ0) is 40.2. The van der Waals surface area contributed by atoms with Crippen LogP contribution in [0.4, 0.5) is 4.79 Å². The van der Waals surface area contributed by atoms with Crippen LogP contribution < -0.4 is 9.47 Å². The minimum Gasteiger partial charge on any atom is -0.459 e. The summed E-state index contributed by atoms with van der Waals surface area (Å²) < 4.78 is 26.8. The Balaban J connectivity index is 1.56. The van der Waals surface area contributed by atoms with Gasteiger partial charge in [0.2, 0.25) is 5.79 Å². The molecule has 6 rings (SSSR count). The number of oxime groups is 1. The Morgan fingerprint density at radius 3 is 2.46 bits per heavy atom. The van der Waals surface area contributed by atoms with Crippen molar-refractivity contribution in [1.82, 2.24) is 4.90 Å². The summed E-state index contributed by atoms with van der Waals surface area (Å²) in [6.07, 6.45) is 11.7. The quantitative estimate of drug-likeness (QED) is 0.0623. The molecule has 0 spiro atoms. The highest BCUT2D eigenvalue weighted by Gasteiger charge is 2.65. The van der Waals surface area contributed by atoms with E-state index in [9.17, 15) is 15.0 Å². The molecule has 1 fully saturated rings. The summed E-state index contributed by atoms with van der Waals surface area (Å²) in [5.41, 5.74) is 2.74. The first-order chi connectivity index (χ1) is 27.9. The minimum atomic E-state index is -1.35. The molecule has 10 heteroatoms. The molecule has 0 bridgehead atoms. The van der Waals surface area contributed by atoms with Crippen LogP contribution in [0.25, 0.3) is 10.8 Å². The van der Waals surface area contributed by atoms with Gasteiger partial charge < -0.3 is 34.0 Å². The van der Waals surface area contributed by atoms with Gasteiger partial charge in [0.15, 0.2) is 0 Å². The number of unbranched alkanes of at least 4 members (excludes halogenated alkanes) is 2. The van der Waals surface area contributed by atoms with Crippen LogP contribution in [-0.2, 0) is 14.3 Å². The van der Waals surface area contributed by atoms with Crippen LogP contribution >= 0.6 is 0 Å². The second-order valence-electron chi connectivity index (χ2n) is 15.2. The maximum atomic E-state index is 14.1. The Hall–Kier alpha value is -4.64. The molecule has 3 aliphatic rings. The van der Waals surface area contributed by atoms with Gasteiger partial charge in [0, 0.05) is 37.7 Å². The standard InChI is InChI=1S/C47H60N2O8/c1-5-9-28-53-46(52)49(24-6-2)43-32-41(48-55-8-4)39-30-35(18-12-14-25-50)38(19-13-15-26-51)44-40-31-37(56-36-21-20-33-16-10-11-17-34(33)29-36)22-23-42(40)57-47(43,45(39)44)54-27-7-3/h5,7,10-11,16-17,20-23,29-31,35,38,43-45,50-51H,1,3,6,8-9,12-15,18-19,24-28,32H2,2,4H3. The lowest BCUT2D eigenvalue weighted by Crippen LogP contribution is -2.70. The summed E-state index contributed by atoms with van der Waals surface area (Å²) in [6.45, 7) is 13.2. The maximum Gasteiger partial charge on any atom is 0.410 e. The molecule has 10 nitrogen and oxygen atoms in total. The lowest BCUT2D eigenvalue weighted by Gasteiger charge is -2.59. The molecule has 6 atom stereocenters. The smallest absolute Gasteiger partial charge is 0.410 e. The van der Waals surface area contributed by atoms with Crippen molar-refractivity contribution in [3.05, 3.63) is 103 Å². The third-order valence-corrected chi connectivity index (χ3v) is 11.5. The van der Waals surface area contributed by atoms with Crippen LogP contribution in [-0.4, -0.2) is 78.3 Å². The number of amides is 1. The average Bonchev–Trinajstić information content (AvgIpc) is 3.22. The van der Waals surface area contributed by atoms with Crippen molar-refractivity contribution >= 4 is 22.6 Å². The number of hydrogen-bond acceptors (Lipinski definition) is 9. The topological polar surface area (TPSA) is 119 Å². The Labute approximate surface area is 337 Å². The predicted molar refractivity (Wildman–Crippen MR) is 224 cm³/mol. The number of rotatable bonds is 21. The fraction of sp³-hybridized carbons (Fsp3) is 0.489. The van der Waals surface area contributed by atoms with Crippen LogP contribution in [0.2, 0.25) is 0 Å². The molecule has 2 N–H and O–H groups in total. The average molecular weight is 781 g/mol. The van der Waals surface area contributed by atoms with Crippen LogP contribution in [0, 0.1) is 17.8 Å². The van der Waals surface area contributed by atoms with Crippen LogP contribution in [0.1, 0.15) is 83.1 Å². The number of benzene rings is 3. The number of carbonyl (C=O) groups excluding carboxylic acids is 1. The van der Waals surface area contributed by atoms with E-state index in [1.165, 1.54) is 0 Å². The van der Waals surface area contributed by atoms with Gasteiger partial charge in [-0.2, -0.15) is 0 Å². The number of nitrogens with zero attached hydrogens (tertiary/aromatic N) is 2. The number of allylic oxidation sites excluding steroid dienone is 1. The third kappa shape index (κ3) is 9.24. The molecule has 0 saturated heterocycles. The van der Waals surface area contributed by atoms with Crippen LogP contribution in [0.5, 0.6) is 17.2 Å². The number of hydrogen-bond donors (Lipinski definition) is 2. The Kier molecular flexibility index (Phi) is 14.9. The van der Waals surface area contributed by atoms with E-state index < -0.39 is 23.8 Å². The maximum absolute atomic E-state index is 14.1. The molecule has 57 heavy (non-hydrogen) atoms. The van der Waals surface area contributed by atoms with Crippen molar-refractivity contribution in [3.8, 4) is 17.2 Å². The molecular formula is C47H60N2O8. The first-order valence-corrected chi connectivity index (χ1v) is 20.8. The van der Waals surface area contributed by atoms with Crippen LogP contribution in [0.15, 0.2) is 103 Å². The van der Waals surface area contributed by atoms with Crippen molar-refractivity contribution in [3.63, 3.8) is 0 Å². The molecule has 1 aliphatic heterocycles. The van der Waals surface area contributed by atoms with Gasteiger partial charge in [0.25, 0.3) is 0 Å². The highest BCUT2D eigenvalue weighted by molar-refractivity contribution is 6.03. The van der Waals surface area contributed by atoms with Gasteiger partial charge in [-0.15, -0.1) is 13.2 Å². The molecule has 0 radical (unpaired) electrons. The Morgan fingerprint density at radius 1 is 0.965 bits per heavy atom. The number of aliphatic hydroxyl groups is 2. The monoisotopic (exact) mass is 780 g/mol. The van der Waals surface area contributed by atoms with E-state index >= 15 is 0 Å². The van der Waals surface area contributed by atoms with E-state index in [2.05, 4.69) is 49.6 Å². The van der Waals surface area contributed by atoms with E-state index in [1.807, 2.05) is 44.2 Å². The molecule has 306 valence electrons. The third-order valence-electron chi connectivity index (χ3n) is 11.5. The van der Waals surface area contributed by atoms with Crippen molar-refractivity contribution in [1.29, 1.82) is 0 Å². The lowest BCUT2D eigenvalue weighted by molar-refractivity contribution is -0.255. The van der Waals surface area contributed by atoms with Crippen molar-refractivity contribution in [2.24, 2.45) is 22.9 Å². The highest BCUT2D eigenvalue weighted by atomic mass is 16.7. The summed E-state index contributed by atoms with van der Waals surface area (Å²) >= 11 is 0. The molecular weight excluding hydrogens is 721 g/mol. The predicted octanol–water partition coefficient (Wildman–Crippen LogP) is 9.71. The normalized spacial score (nSPS) is 24.1. The van der Waals surface area contributed by atoms with Crippen molar-refractivity contribution < 1.29 is 38.8 Å². The minimum absolute atomic E-state index is 0.0977. The number of carbonyl (C=O) groups is 1. The van der Waals surface area contributed by atoms with E-state index in [1.54, 1.807) is 17.1 Å². The van der Waals surface area contributed by atoms with Gasteiger partial charge in [-0.25, -0.2) is 4.79 Å². The van der Waals surface area contributed by atoms with Gasteiger partial charge in [-0.3, -0.25) is 4.90 Å². The number of aliphatic hydroxyl groups excluding tert-OH is 2. The second-order valence-corrected chi connectivity index (χ2v) is 15.2. The molecule has 1 saturated carbocycles. The van der Waals surface area contributed by atoms with Gasteiger partial charge in [0.1, 0.15) is 29.9 Å². The summed E-state index contributed by atoms with van der Waals surface area (Å²) in [5.74, 6) is 0.386. The first-order valence-electron chi connectivity index (χ1n) is 20.8. The molecule has 0 aromatic heterocycles. The SMILES string of the molecule is C=CCCOC(=O)N(CCC)C1CC(=NOCC)C2=CC(CCCCO)C(CCCCO)C3c4cc(Oc5ccc6ccccc6c5)ccc4OC1(OCC=C)C23. The van der Waals surface area contributed by atoms with Gasteiger partial charge >= 0.3 is 6.09 Å². The largest absolute Gasteiger partial charge is 0.459 e. The zero-order valence-corrected chi connectivity index (χ0v) is 33.7. The molecule has 3 aromatic carbocycles. The van der Waals surface area contributed by atoms with Crippen LogP contribution in [0.3, 0.4) is 0 Å². The van der Waals surface area contributed by atoms with Gasteiger partial charge in [-0.1, -0.05) is 73.5 Å². The van der Waals surface area contributed by atoms with E-state index in [0.29, 0.717) is 56.8 Å². The highest BCUT2D eigenvalue weighted by Crippen LogP contribution is 2.62. The fourth-order valence-electron chi connectivity index (χ4n) is 9.15. The Morgan fingerprint density at radius 2 is 1.72 bits per heavy atom. The van der Waals surface area contributed by atoms with E-state index in [4.69, 9.17) is 28.9 Å². The van der Waals surface area contributed by atoms with Gasteiger partial charge in [-0.05, 0) is 104 Å². The summed E-state index contributed by atoms with van der Waals surface area (Å²) in [6, 6.07) is 19.7. The molecule has 3 aromatic rings. The summed E-state index contributed by atoms with van der Waals surface area (Å²) in [5, 5.41) is 26.7. The second kappa shape index (κ2) is 20.2. The first kappa shape index (κ1) is 42.0. The molecule has 2 aliphatic carbocycles. The molecule has 1 amide bonds. The number of fused-ring (bicyclic) bond motifs is 3. The summed E-state index contributed by atoms with van der Waals surface area (Å²) in [7, 11) is 0. The Bertz CT molecular complexity index is 1890. The zero-order valence-electron chi connectivity index (χ0n) is 33.7. The molecule has 1 heterocycles. The van der Waals surface area contributed by atoms with Gasteiger partial charge in [0.05, 0.1) is 24.8 Å². The van der Waals surface area contributed by atoms with E-state index in [0.717, 1.165) is 59.1 Å².